The van der Waals surface area contributed by atoms with E-state index in [1.54, 1.807) is 0 Å². The summed E-state index contributed by atoms with van der Waals surface area (Å²) < 4.78 is 29.4. The first-order valence-electron chi connectivity index (χ1n) is 49.2. The molecule has 6 aromatic carbocycles. The van der Waals surface area contributed by atoms with Gasteiger partial charge >= 0.3 is 29.8 Å². The van der Waals surface area contributed by atoms with E-state index in [2.05, 4.69) is 160 Å². The number of halogens is 2. The van der Waals surface area contributed by atoms with Crippen molar-refractivity contribution in [2.24, 2.45) is 41.4 Å². The smallest absolute Gasteiger partial charge is 0.307 e. The van der Waals surface area contributed by atoms with Crippen LogP contribution in [0, 0.1) is 41.4 Å². The zero-order valence-corrected chi connectivity index (χ0v) is 81.7. The minimum absolute atomic E-state index is 0.208. The fraction of sp³-hybridized carbons (Fsp3) is 0.602. The maximum Gasteiger partial charge on any atom is 0.307 e. The second kappa shape index (κ2) is 62.3. The Balaban J connectivity index is 0.000000222. The summed E-state index contributed by atoms with van der Waals surface area (Å²) in [6.45, 7) is 34.7. The lowest BCUT2D eigenvalue weighted by atomic mass is 9.98. The van der Waals surface area contributed by atoms with Crippen LogP contribution in [0.2, 0.25) is 10.0 Å². The van der Waals surface area contributed by atoms with E-state index < -0.39 is 29.8 Å². The number of fused-ring (bicyclic) bond motifs is 1. The summed E-state index contributed by atoms with van der Waals surface area (Å²) >= 11 is 12.7. The number of carboxylic acids is 5. The van der Waals surface area contributed by atoms with E-state index in [4.69, 9.17) is 67.3 Å². The molecule has 5 aliphatic heterocycles. The molecule has 0 saturated carbocycles. The van der Waals surface area contributed by atoms with E-state index in [9.17, 15) is 29.1 Å². The average Bonchev–Trinajstić information content (AvgIpc) is 1.07. The van der Waals surface area contributed by atoms with Crippen LogP contribution >= 0.6 is 23.2 Å². The van der Waals surface area contributed by atoms with Gasteiger partial charge in [0.25, 0.3) is 0 Å². The van der Waals surface area contributed by atoms with Crippen molar-refractivity contribution in [3.63, 3.8) is 0 Å². The Hall–Kier alpha value is -8.21. The van der Waals surface area contributed by atoms with Gasteiger partial charge in [0.1, 0.15) is 35.4 Å². The van der Waals surface area contributed by atoms with Crippen molar-refractivity contribution >= 4 is 63.8 Å². The Labute approximate surface area is 789 Å². The van der Waals surface area contributed by atoms with Crippen LogP contribution in [-0.2, 0) is 56.7 Å². The van der Waals surface area contributed by atoms with E-state index in [-0.39, 0.29) is 29.6 Å². The minimum atomic E-state index is -0.702. The minimum Gasteiger partial charge on any atom is -0.494 e. The van der Waals surface area contributed by atoms with Gasteiger partial charge in [-0.25, -0.2) is 0 Å². The molecule has 11 rings (SSSR count). The molecule has 720 valence electrons. The number of rotatable bonds is 53. The molecule has 0 amide bonds. The van der Waals surface area contributed by atoms with Gasteiger partial charge in [0.2, 0.25) is 0 Å². The molecule has 5 saturated heterocycles. The molecule has 5 fully saturated rings. The van der Waals surface area contributed by atoms with Crippen LogP contribution in [0.1, 0.15) is 276 Å². The van der Waals surface area contributed by atoms with Gasteiger partial charge in [0.15, 0.2) is 0 Å². The summed E-state index contributed by atoms with van der Waals surface area (Å²) in [6, 6.07) is 40.7. The molecule has 6 atom stereocenters. The van der Waals surface area contributed by atoms with E-state index in [1.807, 2.05) is 60.7 Å². The van der Waals surface area contributed by atoms with Crippen molar-refractivity contribution in [1.82, 2.24) is 24.5 Å². The Morgan fingerprint density at radius 3 is 1.20 bits per heavy atom. The van der Waals surface area contributed by atoms with Gasteiger partial charge in [0, 0.05) is 75.9 Å². The van der Waals surface area contributed by atoms with Gasteiger partial charge in [-0.2, -0.15) is 0 Å². The third-order valence-corrected chi connectivity index (χ3v) is 26.0. The standard InChI is InChI=1S/C24H33NO3.C22H35NO3.C22H31NO3.2C20H30ClNO3/c1-2-3-4-5-6-9-16-28-23-13-12-19(21-10-7-8-11-22(21)23)17-25-15-14-20(18-25)24(26)27;2*1-17(2)5-4-6-18(3)12-14-26-21-9-7-19(8-10-21)15-23-13-11-20(16-23)22(24)25;1-2-3-4-5-6-7-12-25-18-9-8-16(19(21)13-18)14-22-11-10-17(15-22)20(23)24;1-2-3-4-5-6-7-12-25-19-9-8-16(13-18(19)21)14-22-11-10-17(15-22)20(23)24/h7-8,10-13,20H,2-6,9,14-18H2,1H3,(H,26,27);7-10,17-18,20H,4-6,11-16H2,1-3H3,(H,24,25);5,7-10,12,20H,4,6,11,13-16H2,1-3H3,(H,24,25);2*8-9,13,17H,2-7,10-12,14-15H2,1H3,(H,23,24)/b;;18-12+;;. The maximum atomic E-state index is 11.2. The number of allylic oxidation sites excluding steroid dienone is 3. The second-order valence-electron chi connectivity index (χ2n) is 37.5. The molecule has 5 N–H and O–H groups in total. The van der Waals surface area contributed by atoms with Gasteiger partial charge < -0.3 is 49.2 Å². The van der Waals surface area contributed by atoms with Crippen molar-refractivity contribution in [2.45, 2.75) is 281 Å². The predicted octanol–water partition coefficient (Wildman–Crippen LogP) is 24.9. The molecule has 0 radical (unpaired) electrons. The second-order valence-corrected chi connectivity index (χ2v) is 38.3. The molecule has 5 heterocycles. The van der Waals surface area contributed by atoms with Crippen molar-refractivity contribution in [2.75, 3.05) is 98.5 Å². The average molecular weight is 1840 g/mol. The highest BCUT2D eigenvalue weighted by molar-refractivity contribution is 6.32. The van der Waals surface area contributed by atoms with Gasteiger partial charge in [-0.05, 0) is 230 Å². The van der Waals surface area contributed by atoms with Gasteiger partial charge in [-0.3, -0.25) is 48.5 Å². The fourth-order valence-electron chi connectivity index (χ4n) is 17.2. The summed E-state index contributed by atoms with van der Waals surface area (Å²) in [4.78, 5) is 66.3. The molecule has 6 unspecified atom stereocenters. The highest BCUT2D eigenvalue weighted by Gasteiger charge is 2.33. The van der Waals surface area contributed by atoms with Crippen LogP contribution in [-0.4, -0.2) is 178 Å². The number of likely N-dealkylation sites (tertiary alicyclic amines) is 5. The van der Waals surface area contributed by atoms with Crippen LogP contribution < -0.4 is 23.7 Å². The molecular formula is C108H159Cl2N5O15. The quantitative estimate of drug-likeness (QED) is 0.0176. The molecule has 22 heteroatoms. The lowest BCUT2D eigenvalue weighted by molar-refractivity contribution is -0.142. The number of benzene rings is 6. The lowest BCUT2D eigenvalue weighted by Gasteiger charge is -2.18. The number of aliphatic carboxylic acids is 5. The van der Waals surface area contributed by atoms with Crippen molar-refractivity contribution < 1.29 is 73.2 Å². The van der Waals surface area contributed by atoms with Crippen LogP contribution in [0.5, 0.6) is 28.7 Å². The molecule has 5 aliphatic rings. The molecule has 0 aromatic heterocycles. The monoisotopic (exact) mass is 1840 g/mol. The molecule has 0 spiro atoms. The van der Waals surface area contributed by atoms with Crippen molar-refractivity contribution in [3.05, 3.63) is 182 Å². The van der Waals surface area contributed by atoms with Crippen LogP contribution in [0.4, 0.5) is 0 Å². The van der Waals surface area contributed by atoms with E-state index in [1.165, 1.54) is 149 Å². The molecule has 130 heavy (non-hydrogen) atoms. The van der Waals surface area contributed by atoms with Crippen LogP contribution in [0.25, 0.3) is 10.8 Å². The molecule has 0 aliphatic carbocycles. The van der Waals surface area contributed by atoms with Crippen LogP contribution in [0.3, 0.4) is 0 Å². The van der Waals surface area contributed by atoms with Crippen molar-refractivity contribution in [3.8, 4) is 28.7 Å². The number of unbranched alkanes of at least 4 members (excludes halogenated alkanes) is 15. The maximum absolute atomic E-state index is 11.2. The summed E-state index contributed by atoms with van der Waals surface area (Å²) in [5.74, 6) is 1.24. The Morgan fingerprint density at radius 1 is 0.377 bits per heavy atom. The van der Waals surface area contributed by atoms with Crippen molar-refractivity contribution in [1.29, 1.82) is 0 Å². The predicted molar refractivity (Wildman–Crippen MR) is 527 cm³/mol. The third kappa shape index (κ3) is 43.2. The van der Waals surface area contributed by atoms with E-state index in [0.29, 0.717) is 74.9 Å². The number of hydrogen-bond acceptors (Lipinski definition) is 15. The first-order valence-corrected chi connectivity index (χ1v) is 50.0. The zero-order valence-electron chi connectivity index (χ0n) is 80.2. The Morgan fingerprint density at radius 2 is 0.762 bits per heavy atom. The summed E-state index contributed by atoms with van der Waals surface area (Å²) in [5, 5.41) is 49.2. The third-order valence-electron chi connectivity index (χ3n) is 25.4. The fourth-order valence-corrected chi connectivity index (χ4v) is 17.7. The molecule has 6 aromatic rings. The zero-order chi connectivity index (χ0) is 93.8. The Kier molecular flexibility index (Phi) is 52.2. The molecular weight excluding hydrogens is 1680 g/mol. The van der Waals surface area contributed by atoms with Gasteiger partial charge in [-0.15, -0.1) is 0 Å². The van der Waals surface area contributed by atoms with Gasteiger partial charge in [0.05, 0.1) is 61.0 Å². The topological polar surface area (TPSA) is 249 Å². The van der Waals surface area contributed by atoms with Crippen LogP contribution in [0.15, 0.2) is 145 Å². The molecule has 0 bridgehead atoms. The number of carbonyl (C=O) groups is 5. The van der Waals surface area contributed by atoms with E-state index >= 15 is 0 Å². The van der Waals surface area contributed by atoms with E-state index in [0.717, 1.165) is 194 Å². The molecule has 20 nitrogen and oxygen atoms in total. The SMILES string of the molecule is CC(C)=CCC/C(C)=C/COc1ccc(CN2CCC(C(=O)O)C2)cc1.CC(C)CCCC(C)CCOc1ccc(CN2CCC(C(=O)O)C2)cc1.CCCCCCCCOc1ccc(CN2CCC(C(=O)O)C2)c(Cl)c1.CCCCCCCCOc1ccc(CN2CCC(C(=O)O)C2)c2ccccc12.CCCCCCCCOc1ccc(CN2CCC(C(=O)O)C2)cc1Cl. The number of carboxylic acid groups (broad SMARTS) is 5. The van der Waals surface area contributed by atoms with Gasteiger partial charge in [-0.1, -0.05) is 264 Å². The summed E-state index contributed by atoms with van der Waals surface area (Å²) in [7, 11) is 0. The highest BCUT2D eigenvalue weighted by atomic mass is 35.5. The normalized spacial score (nSPS) is 17.9. The first kappa shape index (κ1) is 109. The summed E-state index contributed by atoms with van der Waals surface area (Å²) in [6.07, 6.45) is 37.7. The summed E-state index contributed by atoms with van der Waals surface area (Å²) in [5.41, 5.74) is 8.49. The highest BCUT2D eigenvalue weighted by Crippen LogP contribution is 2.34. The number of ether oxygens (including phenoxy) is 5. The number of nitrogens with zero attached hydrogens (tertiary/aromatic N) is 5. The Bertz CT molecular complexity index is 4310. The largest absolute Gasteiger partial charge is 0.494 e. The lowest BCUT2D eigenvalue weighted by Crippen LogP contribution is -2.22. The first-order chi connectivity index (χ1) is 62.8. The number of hydrogen-bond donors (Lipinski definition) is 5.